The fourth-order valence-corrected chi connectivity index (χ4v) is 3.57. The first kappa shape index (κ1) is 21.1. The lowest BCUT2D eigenvalue weighted by molar-refractivity contribution is -0.133. The van der Waals surface area contributed by atoms with E-state index >= 15 is 0 Å². The summed E-state index contributed by atoms with van der Waals surface area (Å²) in [6.07, 6.45) is -0.472. The molecule has 7 heteroatoms. The van der Waals surface area contributed by atoms with Crippen LogP contribution in [0.1, 0.15) is 18.4 Å². The largest absolute Gasteiger partial charge is 0.444 e. The maximum absolute atomic E-state index is 13.2. The molecular formula is C25H23N3O4. The van der Waals surface area contributed by atoms with Crippen molar-refractivity contribution in [1.29, 1.82) is 0 Å². The Morgan fingerprint density at radius 2 is 1.41 bits per heavy atom. The van der Waals surface area contributed by atoms with Gasteiger partial charge in [0.1, 0.15) is 12.6 Å². The molecule has 3 aromatic carbocycles. The summed E-state index contributed by atoms with van der Waals surface area (Å²) in [7, 11) is 0. The minimum Gasteiger partial charge on any atom is -0.444 e. The minimum absolute atomic E-state index is 0.0257. The number of ether oxygens (including phenoxy) is 1. The molecule has 4 rings (SSSR count). The van der Waals surface area contributed by atoms with Gasteiger partial charge in [-0.1, -0.05) is 66.7 Å². The summed E-state index contributed by atoms with van der Waals surface area (Å²) in [4.78, 5) is 39.2. The van der Waals surface area contributed by atoms with Gasteiger partial charge >= 0.3 is 6.09 Å². The number of rotatable bonds is 6. The van der Waals surface area contributed by atoms with E-state index in [1.807, 2.05) is 91.0 Å². The van der Waals surface area contributed by atoms with Crippen LogP contribution in [0.5, 0.6) is 0 Å². The predicted molar refractivity (Wildman–Crippen MR) is 120 cm³/mol. The van der Waals surface area contributed by atoms with Gasteiger partial charge in [-0.25, -0.2) is 9.69 Å². The Morgan fingerprint density at radius 1 is 0.875 bits per heavy atom. The topological polar surface area (TPSA) is 79.0 Å². The van der Waals surface area contributed by atoms with Gasteiger partial charge in [0.2, 0.25) is 5.91 Å². The van der Waals surface area contributed by atoms with Crippen LogP contribution in [0.4, 0.5) is 16.2 Å². The lowest BCUT2D eigenvalue weighted by Crippen LogP contribution is -2.51. The predicted octanol–water partition coefficient (Wildman–Crippen LogP) is 4.18. The number of benzene rings is 3. The second kappa shape index (κ2) is 9.78. The first-order valence-electron chi connectivity index (χ1n) is 10.4. The number of imide groups is 1. The van der Waals surface area contributed by atoms with E-state index < -0.39 is 23.9 Å². The summed E-state index contributed by atoms with van der Waals surface area (Å²) >= 11 is 0. The van der Waals surface area contributed by atoms with Crippen LogP contribution < -0.4 is 10.4 Å². The number of hydrazine groups is 1. The van der Waals surface area contributed by atoms with Crippen molar-refractivity contribution in [2.75, 3.05) is 5.01 Å². The number of nitrogens with one attached hydrogen (secondary N) is 1. The SMILES string of the molecule is O=C(NN(c1ccccc1)c1ccccc1)[C@@H]1CCC(=O)N1C(=O)OCc1ccccc1. The van der Waals surface area contributed by atoms with Crippen molar-refractivity contribution in [2.45, 2.75) is 25.5 Å². The molecule has 1 aliphatic heterocycles. The van der Waals surface area contributed by atoms with Crippen molar-refractivity contribution in [2.24, 2.45) is 0 Å². The highest BCUT2D eigenvalue weighted by molar-refractivity contribution is 6.01. The zero-order chi connectivity index (χ0) is 22.3. The maximum Gasteiger partial charge on any atom is 0.417 e. The van der Waals surface area contributed by atoms with Crippen molar-refractivity contribution >= 4 is 29.3 Å². The Kier molecular flexibility index (Phi) is 6.46. The third kappa shape index (κ3) is 4.78. The Balaban J connectivity index is 1.50. The van der Waals surface area contributed by atoms with E-state index in [0.29, 0.717) is 0 Å². The number of para-hydroxylation sites is 2. The zero-order valence-electron chi connectivity index (χ0n) is 17.4. The average molecular weight is 429 g/mol. The molecule has 0 bridgehead atoms. The molecule has 0 saturated carbocycles. The molecule has 7 nitrogen and oxygen atoms in total. The zero-order valence-corrected chi connectivity index (χ0v) is 17.4. The van der Waals surface area contributed by atoms with Gasteiger partial charge in [0, 0.05) is 6.42 Å². The highest BCUT2D eigenvalue weighted by Crippen LogP contribution is 2.25. The summed E-state index contributed by atoms with van der Waals surface area (Å²) < 4.78 is 5.31. The fourth-order valence-electron chi connectivity index (χ4n) is 3.57. The third-order valence-electron chi connectivity index (χ3n) is 5.17. The van der Waals surface area contributed by atoms with Gasteiger partial charge in [-0.3, -0.25) is 20.0 Å². The van der Waals surface area contributed by atoms with Gasteiger partial charge in [0.05, 0.1) is 11.4 Å². The Morgan fingerprint density at radius 3 is 1.97 bits per heavy atom. The molecule has 1 heterocycles. The number of hydrogen-bond acceptors (Lipinski definition) is 5. The second-order valence-electron chi connectivity index (χ2n) is 7.34. The number of hydrogen-bond donors (Lipinski definition) is 1. The lowest BCUT2D eigenvalue weighted by Gasteiger charge is -2.29. The van der Waals surface area contributed by atoms with Crippen LogP contribution in [-0.4, -0.2) is 28.8 Å². The van der Waals surface area contributed by atoms with Crippen LogP contribution in [0.25, 0.3) is 0 Å². The third-order valence-corrected chi connectivity index (χ3v) is 5.17. The molecule has 0 radical (unpaired) electrons. The van der Waals surface area contributed by atoms with Crippen LogP contribution in [-0.2, 0) is 20.9 Å². The molecule has 0 aromatic heterocycles. The van der Waals surface area contributed by atoms with E-state index in [4.69, 9.17) is 4.74 Å². The molecule has 0 spiro atoms. The molecule has 0 unspecified atom stereocenters. The molecule has 1 fully saturated rings. The number of anilines is 2. The fraction of sp³-hybridized carbons (Fsp3) is 0.160. The van der Waals surface area contributed by atoms with Crippen molar-refractivity contribution < 1.29 is 19.1 Å². The van der Waals surface area contributed by atoms with Crippen LogP contribution >= 0.6 is 0 Å². The van der Waals surface area contributed by atoms with Crippen molar-refractivity contribution in [3.63, 3.8) is 0 Å². The van der Waals surface area contributed by atoms with Crippen molar-refractivity contribution in [3.8, 4) is 0 Å². The summed E-state index contributed by atoms with van der Waals surface area (Å²) in [5.41, 5.74) is 5.15. The van der Waals surface area contributed by atoms with Gasteiger partial charge in [-0.2, -0.15) is 0 Å². The van der Waals surface area contributed by atoms with E-state index in [9.17, 15) is 14.4 Å². The first-order chi connectivity index (χ1) is 15.6. The minimum atomic E-state index is -0.944. The number of likely N-dealkylation sites (tertiary alicyclic amines) is 1. The number of carbonyl (C=O) groups is 3. The van der Waals surface area contributed by atoms with E-state index in [2.05, 4.69) is 5.43 Å². The Labute approximate surface area is 186 Å². The molecule has 1 saturated heterocycles. The smallest absolute Gasteiger partial charge is 0.417 e. The van der Waals surface area contributed by atoms with Crippen LogP contribution in [0.15, 0.2) is 91.0 Å². The second-order valence-corrected chi connectivity index (χ2v) is 7.34. The number of nitrogens with zero attached hydrogens (tertiary/aromatic N) is 2. The molecule has 1 N–H and O–H groups in total. The summed E-state index contributed by atoms with van der Waals surface area (Å²) in [5.74, 6) is -0.880. The molecule has 3 aromatic rings. The molecule has 32 heavy (non-hydrogen) atoms. The van der Waals surface area contributed by atoms with Crippen LogP contribution in [0.2, 0.25) is 0 Å². The number of carbonyl (C=O) groups excluding carboxylic acids is 3. The summed E-state index contributed by atoms with van der Waals surface area (Å²) in [6.45, 7) is 0.0257. The van der Waals surface area contributed by atoms with Gasteiger partial charge in [-0.05, 0) is 36.2 Å². The normalized spacial score (nSPS) is 15.3. The van der Waals surface area contributed by atoms with Crippen LogP contribution in [0, 0.1) is 0 Å². The molecule has 1 aliphatic rings. The average Bonchev–Trinajstić information content (AvgIpc) is 3.24. The van der Waals surface area contributed by atoms with Gasteiger partial charge in [0.15, 0.2) is 0 Å². The van der Waals surface area contributed by atoms with Crippen molar-refractivity contribution in [3.05, 3.63) is 96.6 Å². The Bertz CT molecular complexity index is 1030. The van der Waals surface area contributed by atoms with Crippen molar-refractivity contribution in [1.82, 2.24) is 10.3 Å². The van der Waals surface area contributed by atoms with E-state index in [1.165, 1.54) is 0 Å². The molecular weight excluding hydrogens is 406 g/mol. The summed E-state index contributed by atoms with van der Waals surface area (Å²) in [6, 6.07) is 26.9. The Hall–Kier alpha value is -4.13. The van der Waals surface area contributed by atoms with E-state index in [1.54, 1.807) is 5.01 Å². The monoisotopic (exact) mass is 429 g/mol. The lowest BCUT2D eigenvalue weighted by atomic mass is 10.2. The molecule has 162 valence electrons. The molecule has 3 amide bonds. The maximum atomic E-state index is 13.2. The van der Waals surface area contributed by atoms with Gasteiger partial charge < -0.3 is 4.74 Å². The highest BCUT2D eigenvalue weighted by atomic mass is 16.6. The quantitative estimate of drug-likeness (QED) is 0.595. The standard InChI is InChI=1S/C25H23N3O4/c29-23-17-16-22(27(23)25(31)32-18-19-10-4-1-5-11-19)24(30)26-28(20-12-6-2-7-13-20)21-14-8-3-9-15-21/h1-15,22H,16-18H2,(H,26,30)/t22-/m0/s1. The van der Waals surface area contributed by atoms with E-state index in [0.717, 1.165) is 21.8 Å². The molecule has 0 aliphatic carbocycles. The van der Waals surface area contributed by atoms with Gasteiger partial charge in [0.25, 0.3) is 5.91 Å². The first-order valence-corrected chi connectivity index (χ1v) is 10.4. The summed E-state index contributed by atoms with van der Waals surface area (Å²) in [5, 5.41) is 1.64. The van der Waals surface area contributed by atoms with E-state index in [-0.39, 0.29) is 19.4 Å². The molecule has 1 atom stereocenters. The number of amides is 3. The van der Waals surface area contributed by atoms with Crippen LogP contribution in [0.3, 0.4) is 0 Å². The van der Waals surface area contributed by atoms with Gasteiger partial charge in [-0.15, -0.1) is 0 Å². The highest BCUT2D eigenvalue weighted by Gasteiger charge is 2.42.